The maximum absolute atomic E-state index is 12.4. The summed E-state index contributed by atoms with van der Waals surface area (Å²) < 4.78 is 10.6. The van der Waals surface area contributed by atoms with Crippen molar-refractivity contribution in [3.63, 3.8) is 0 Å². The van der Waals surface area contributed by atoms with Gasteiger partial charge in [0.1, 0.15) is 5.75 Å². The number of ether oxygens (including phenoxy) is 2. The molecule has 1 aromatic heterocycles. The van der Waals surface area contributed by atoms with Gasteiger partial charge in [-0.3, -0.25) is 4.79 Å². The van der Waals surface area contributed by atoms with Gasteiger partial charge in [0, 0.05) is 22.9 Å². The second-order valence-corrected chi connectivity index (χ2v) is 6.32. The fraction of sp³-hybridized carbons (Fsp3) is 0.316. The number of benzene rings is 1. The maximum atomic E-state index is 12.4. The van der Waals surface area contributed by atoms with Crippen LogP contribution in [-0.2, 0) is 17.6 Å². The number of H-pyrrole nitrogens is 1. The van der Waals surface area contributed by atoms with E-state index in [0.29, 0.717) is 28.5 Å². The van der Waals surface area contributed by atoms with Gasteiger partial charge in [0.25, 0.3) is 5.91 Å². The fourth-order valence-corrected chi connectivity index (χ4v) is 3.60. The van der Waals surface area contributed by atoms with Crippen LogP contribution in [0.5, 0.6) is 17.2 Å². The average Bonchev–Trinajstić information content (AvgIpc) is 3.11. The zero-order valence-corrected chi connectivity index (χ0v) is 14.2. The molecule has 2 aromatic rings. The molecule has 0 radical (unpaired) electrons. The van der Waals surface area contributed by atoms with Crippen LogP contribution in [0.25, 0.3) is 11.6 Å². The van der Waals surface area contributed by atoms with Gasteiger partial charge in [-0.05, 0) is 37.8 Å². The van der Waals surface area contributed by atoms with Crippen LogP contribution in [0.15, 0.2) is 12.1 Å². The van der Waals surface area contributed by atoms with Gasteiger partial charge in [0.05, 0.1) is 31.2 Å². The molecule has 3 N–H and O–H groups in total. The first-order valence-electron chi connectivity index (χ1n) is 8.34. The highest BCUT2D eigenvalue weighted by atomic mass is 16.5. The van der Waals surface area contributed by atoms with Crippen molar-refractivity contribution in [1.29, 1.82) is 0 Å². The summed E-state index contributed by atoms with van der Waals surface area (Å²) in [7, 11) is 3.11. The van der Waals surface area contributed by atoms with Crippen molar-refractivity contribution in [1.82, 2.24) is 4.98 Å². The van der Waals surface area contributed by atoms with Crippen LogP contribution >= 0.6 is 0 Å². The van der Waals surface area contributed by atoms with Crippen LogP contribution in [0.3, 0.4) is 0 Å². The molecule has 4 rings (SSSR count). The lowest BCUT2D eigenvalue weighted by atomic mass is 9.97. The molecule has 6 nitrogen and oxygen atoms in total. The van der Waals surface area contributed by atoms with Crippen molar-refractivity contribution < 1.29 is 19.4 Å². The number of hydrogen-bond donors (Lipinski definition) is 3. The molecule has 0 saturated carbocycles. The van der Waals surface area contributed by atoms with E-state index in [0.717, 1.165) is 42.5 Å². The van der Waals surface area contributed by atoms with Gasteiger partial charge in [0.2, 0.25) is 0 Å². The molecule has 2 aliphatic rings. The Morgan fingerprint density at radius 3 is 2.56 bits per heavy atom. The molecular formula is C19H20N2O4. The third kappa shape index (κ3) is 2.45. The Labute approximate surface area is 145 Å². The Morgan fingerprint density at radius 2 is 1.84 bits per heavy atom. The predicted molar refractivity (Wildman–Crippen MR) is 95.1 cm³/mol. The number of nitrogens with one attached hydrogen (secondary N) is 2. The Morgan fingerprint density at radius 1 is 1.12 bits per heavy atom. The van der Waals surface area contributed by atoms with E-state index in [9.17, 15) is 9.90 Å². The molecule has 130 valence electrons. The summed E-state index contributed by atoms with van der Waals surface area (Å²) in [6.07, 6.45) is 5.70. The molecule has 0 saturated heterocycles. The molecule has 6 heteroatoms. The number of anilines is 1. The zero-order chi connectivity index (χ0) is 17.6. The number of carbonyl (C=O) groups is 1. The highest BCUT2D eigenvalue weighted by Gasteiger charge is 2.28. The summed E-state index contributed by atoms with van der Waals surface area (Å²) in [6, 6.07) is 3.52. The molecule has 0 fully saturated rings. The molecule has 1 aliphatic heterocycles. The molecule has 25 heavy (non-hydrogen) atoms. The van der Waals surface area contributed by atoms with Crippen molar-refractivity contribution >= 4 is 23.2 Å². The van der Waals surface area contributed by atoms with E-state index in [1.54, 1.807) is 32.4 Å². The number of carbonyl (C=O) groups excluding carboxylic acids is 1. The van der Waals surface area contributed by atoms with Crippen LogP contribution in [0.4, 0.5) is 5.69 Å². The van der Waals surface area contributed by atoms with Crippen molar-refractivity contribution in [2.75, 3.05) is 19.5 Å². The van der Waals surface area contributed by atoms with E-state index in [1.807, 2.05) is 0 Å². The molecule has 0 spiro atoms. The van der Waals surface area contributed by atoms with E-state index in [2.05, 4.69) is 10.3 Å². The molecular weight excluding hydrogens is 320 g/mol. The van der Waals surface area contributed by atoms with Crippen LogP contribution in [0.2, 0.25) is 0 Å². The summed E-state index contributed by atoms with van der Waals surface area (Å²) in [6.45, 7) is 0. The molecule has 0 atom stereocenters. The first kappa shape index (κ1) is 15.6. The van der Waals surface area contributed by atoms with Gasteiger partial charge in [-0.2, -0.15) is 0 Å². The lowest BCUT2D eigenvalue weighted by Crippen LogP contribution is -2.03. The van der Waals surface area contributed by atoms with Crippen molar-refractivity contribution in [2.24, 2.45) is 0 Å². The second-order valence-electron chi connectivity index (χ2n) is 6.32. The zero-order valence-electron chi connectivity index (χ0n) is 14.2. The SMILES string of the molecule is COc1cc2c(cc1OC)C(=Cc1[nH]c3c(c1O)CCCC3)C(=O)N2. The highest BCUT2D eigenvalue weighted by Crippen LogP contribution is 2.42. The summed E-state index contributed by atoms with van der Waals surface area (Å²) >= 11 is 0. The molecule has 1 aromatic carbocycles. The minimum atomic E-state index is -0.211. The molecule has 0 bridgehead atoms. The quantitative estimate of drug-likeness (QED) is 0.750. The number of hydrogen-bond acceptors (Lipinski definition) is 4. The van der Waals surface area contributed by atoms with Gasteiger partial charge in [-0.15, -0.1) is 0 Å². The van der Waals surface area contributed by atoms with Crippen molar-refractivity contribution in [3.8, 4) is 17.2 Å². The third-order valence-electron chi connectivity index (χ3n) is 4.89. The molecule has 0 unspecified atom stereocenters. The van der Waals surface area contributed by atoms with E-state index in [4.69, 9.17) is 9.47 Å². The molecule has 1 aliphatic carbocycles. The Hall–Kier alpha value is -2.89. The summed E-state index contributed by atoms with van der Waals surface area (Å²) in [5.74, 6) is 1.15. The first-order chi connectivity index (χ1) is 12.1. The van der Waals surface area contributed by atoms with Gasteiger partial charge >= 0.3 is 0 Å². The van der Waals surface area contributed by atoms with Crippen LogP contribution in [-0.4, -0.2) is 30.2 Å². The number of aryl methyl sites for hydroxylation is 1. The van der Waals surface area contributed by atoms with Crippen LogP contribution in [0.1, 0.15) is 35.4 Å². The van der Waals surface area contributed by atoms with Crippen molar-refractivity contribution in [2.45, 2.75) is 25.7 Å². The minimum Gasteiger partial charge on any atom is -0.505 e. The number of methoxy groups -OCH3 is 2. The van der Waals surface area contributed by atoms with Gasteiger partial charge in [-0.1, -0.05) is 0 Å². The van der Waals surface area contributed by atoms with Gasteiger partial charge in [-0.25, -0.2) is 0 Å². The number of amides is 1. The number of fused-ring (bicyclic) bond motifs is 2. The topological polar surface area (TPSA) is 83.6 Å². The Balaban J connectivity index is 1.81. The van der Waals surface area contributed by atoms with Gasteiger partial charge < -0.3 is 24.9 Å². The Bertz CT molecular complexity index is 895. The summed E-state index contributed by atoms with van der Waals surface area (Å²) in [5.41, 5.74) is 4.52. The van der Waals surface area contributed by atoms with E-state index in [-0.39, 0.29) is 11.7 Å². The van der Waals surface area contributed by atoms with E-state index in [1.165, 1.54) is 0 Å². The Kier molecular flexibility index (Phi) is 3.67. The smallest absolute Gasteiger partial charge is 0.256 e. The number of aromatic amines is 1. The lowest BCUT2D eigenvalue weighted by molar-refractivity contribution is -0.110. The third-order valence-corrected chi connectivity index (χ3v) is 4.89. The minimum absolute atomic E-state index is 0.211. The maximum Gasteiger partial charge on any atom is 0.256 e. The number of aromatic nitrogens is 1. The van der Waals surface area contributed by atoms with Crippen LogP contribution in [0, 0.1) is 0 Å². The molecule has 1 amide bonds. The van der Waals surface area contributed by atoms with Crippen molar-refractivity contribution in [3.05, 3.63) is 34.6 Å². The van der Waals surface area contributed by atoms with E-state index >= 15 is 0 Å². The summed E-state index contributed by atoms with van der Waals surface area (Å²) in [4.78, 5) is 15.7. The standard InChI is InChI=1S/C19H20N2O4/c1-24-16-8-11-12(19(23)21-14(11)9-17(16)25-2)7-15-18(22)10-5-3-4-6-13(10)20-15/h7-9,20,22H,3-6H2,1-2H3,(H,21,23). The monoisotopic (exact) mass is 340 g/mol. The first-order valence-corrected chi connectivity index (χ1v) is 8.34. The fourth-order valence-electron chi connectivity index (χ4n) is 3.60. The molecule has 2 heterocycles. The largest absolute Gasteiger partial charge is 0.505 e. The lowest BCUT2D eigenvalue weighted by Gasteiger charge is -2.09. The second kappa shape index (κ2) is 5.88. The highest BCUT2D eigenvalue weighted by molar-refractivity contribution is 6.35. The van der Waals surface area contributed by atoms with Gasteiger partial charge in [0.15, 0.2) is 11.5 Å². The number of aromatic hydroxyl groups is 1. The van der Waals surface area contributed by atoms with Crippen LogP contribution < -0.4 is 14.8 Å². The van der Waals surface area contributed by atoms with E-state index < -0.39 is 0 Å². The average molecular weight is 340 g/mol. The normalized spacial score (nSPS) is 17.2. The number of rotatable bonds is 3. The summed E-state index contributed by atoms with van der Waals surface area (Å²) in [5, 5.41) is 13.3. The predicted octanol–water partition coefficient (Wildman–Crippen LogP) is 3.11.